The van der Waals surface area contributed by atoms with Crippen molar-refractivity contribution in [1.29, 1.82) is 0 Å². The van der Waals surface area contributed by atoms with Crippen LogP contribution in [0.3, 0.4) is 0 Å². The lowest BCUT2D eigenvalue weighted by molar-refractivity contribution is 0.161. The highest BCUT2D eigenvalue weighted by Crippen LogP contribution is 2.40. The van der Waals surface area contributed by atoms with Crippen LogP contribution in [0.1, 0.15) is 5.56 Å². The van der Waals surface area contributed by atoms with Crippen LogP contribution in [0.15, 0.2) is 12.1 Å². The van der Waals surface area contributed by atoms with Crippen molar-refractivity contribution in [2.24, 2.45) is 0 Å². The molecular formula is C8H9NO4. The van der Waals surface area contributed by atoms with E-state index in [1.165, 1.54) is 6.07 Å². The maximum absolute atomic E-state index is 9.42. The van der Waals surface area contributed by atoms with Gasteiger partial charge >= 0.3 is 0 Å². The summed E-state index contributed by atoms with van der Waals surface area (Å²) < 4.78 is 10.1. The molecule has 3 N–H and O–H groups in total. The number of hydrogen-bond donors (Lipinski definition) is 3. The van der Waals surface area contributed by atoms with Crippen molar-refractivity contribution in [3.05, 3.63) is 17.7 Å². The van der Waals surface area contributed by atoms with E-state index in [0.717, 1.165) is 5.56 Å². The fourth-order valence-electron chi connectivity index (χ4n) is 1.24. The van der Waals surface area contributed by atoms with Gasteiger partial charge in [-0.2, -0.15) is 0 Å². The van der Waals surface area contributed by atoms with Crippen molar-refractivity contribution in [2.75, 3.05) is 6.79 Å². The SMILES string of the molecule is ONCc1cc(O)c2c(c1)OCO2. The highest BCUT2D eigenvalue weighted by Gasteiger charge is 2.18. The van der Waals surface area contributed by atoms with Gasteiger partial charge in [-0.1, -0.05) is 0 Å². The van der Waals surface area contributed by atoms with E-state index in [-0.39, 0.29) is 19.1 Å². The molecule has 1 aliphatic rings. The van der Waals surface area contributed by atoms with E-state index in [2.05, 4.69) is 0 Å². The van der Waals surface area contributed by atoms with Crippen LogP contribution >= 0.6 is 0 Å². The highest BCUT2D eigenvalue weighted by molar-refractivity contribution is 5.54. The Hall–Kier alpha value is -1.46. The molecule has 70 valence electrons. The minimum Gasteiger partial charge on any atom is -0.504 e. The minimum atomic E-state index is 0.0280. The molecule has 1 aliphatic heterocycles. The first-order valence-corrected chi connectivity index (χ1v) is 3.79. The Kier molecular flexibility index (Phi) is 1.96. The first-order chi connectivity index (χ1) is 6.31. The fourth-order valence-corrected chi connectivity index (χ4v) is 1.24. The van der Waals surface area contributed by atoms with Crippen molar-refractivity contribution in [2.45, 2.75) is 6.54 Å². The Morgan fingerprint density at radius 3 is 3.00 bits per heavy atom. The Morgan fingerprint density at radius 1 is 1.38 bits per heavy atom. The lowest BCUT2D eigenvalue weighted by Crippen LogP contribution is -2.05. The molecule has 1 aromatic carbocycles. The number of aromatic hydroxyl groups is 1. The quantitative estimate of drug-likeness (QED) is 0.585. The van der Waals surface area contributed by atoms with Crippen molar-refractivity contribution in [3.8, 4) is 17.2 Å². The van der Waals surface area contributed by atoms with E-state index >= 15 is 0 Å². The van der Waals surface area contributed by atoms with Gasteiger partial charge in [0.2, 0.25) is 12.5 Å². The maximum atomic E-state index is 9.42. The number of hydrogen-bond acceptors (Lipinski definition) is 5. The first-order valence-electron chi connectivity index (χ1n) is 3.79. The molecule has 0 saturated heterocycles. The molecule has 5 nitrogen and oxygen atoms in total. The molecule has 0 fully saturated rings. The summed E-state index contributed by atoms with van der Waals surface area (Å²) in [5.74, 6) is 0.896. The maximum Gasteiger partial charge on any atom is 0.231 e. The third kappa shape index (κ3) is 1.39. The predicted octanol–water partition coefficient (Wildman–Crippen LogP) is 0.600. The van der Waals surface area contributed by atoms with Gasteiger partial charge in [0.15, 0.2) is 11.5 Å². The van der Waals surface area contributed by atoms with Crippen molar-refractivity contribution in [3.63, 3.8) is 0 Å². The molecule has 0 aliphatic carbocycles. The molecule has 1 aromatic rings. The summed E-state index contributed by atoms with van der Waals surface area (Å²) >= 11 is 0. The summed E-state index contributed by atoms with van der Waals surface area (Å²) in [7, 11) is 0. The molecule has 0 unspecified atom stereocenters. The van der Waals surface area contributed by atoms with Crippen LogP contribution in [0.4, 0.5) is 0 Å². The molecule has 13 heavy (non-hydrogen) atoms. The fraction of sp³-hybridized carbons (Fsp3) is 0.250. The van der Waals surface area contributed by atoms with Crippen LogP contribution in [0.25, 0.3) is 0 Å². The number of hydroxylamine groups is 1. The number of phenols is 1. The van der Waals surface area contributed by atoms with Crippen LogP contribution in [0.5, 0.6) is 17.2 Å². The van der Waals surface area contributed by atoms with Gasteiger partial charge in [-0.15, -0.1) is 0 Å². The molecule has 0 bridgehead atoms. The van der Waals surface area contributed by atoms with Gasteiger partial charge in [0.1, 0.15) is 0 Å². The molecule has 0 saturated carbocycles. The van der Waals surface area contributed by atoms with Gasteiger partial charge in [0, 0.05) is 6.54 Å². The van der Waals surface area contributed by atoms with Gasteiger partial charge in [-0.3, -0.25) is 0 Å². The van der Waals surface area contributed by atoms with Crippen molar-refractivity contribution >= 4 is 0 Å². The molecule has 0 aromatic heterocycles. The van der Waals surface area contributed by atoms with Gasteiger partial charge < -0.3 is 19.8 Å². The Labute approximate surface area is 74.5 Å². The van der Waals surface area contributed by atoms with Crippen LogP contribution < -0.4 is 15.0 Å². The number of fused-ring (bicyclic) bond motifs is 1. The molecular weight excluding hydrogens is 174 g/mol. The molecule has 0 atom stereocenters. The summed E-state index contributed by atoms with van der Waals surface area (Å²) in [6.07, 6.45) is 0. The zero-order chi connectivity index (χ0) is 9.26. The van der Waals surface area contributed by atoms with Crippen LogP contribution in [0, 0.1) is 0 Å². The minimum absolute atomic E-state index is 0.0280. The third-order valence-electron chi connectivity index (χ3n) is 1.80. The number of rotatable bonds is 2. The lowest BCUT2D eigenvalue weighted by atomic mass is 10.2. The van der Waals surface area contributed by atoms with E-state index < -0.39 is 0 Å². The third-order valence-corrected chi connectivity index (χ3v) is 1.80. The van der Waals surface area contributed by atoms with Gasteiger partial charge in [-0.05, 0) is 17.7 Å². The molecule has 0 radical (unpaired) electrons. The van der Waals surface area contributed by atoms with Gasteiger partial charge in [0.05, 0.1) is 0 Å². The van der Waals surface area contributed by atoms with Crippen LogP contribution in [-0.4, -0.2) is 17.1 Å². The highest BCUT2D eigenvalue weighted by atomic mass is 16.7. The van der Waals surface area contributed by atoms with Gasteiger partial charge in [0.25, 0.3) is 0 Å². The number of ether oxygens (including phenoxy) is 2. The average Bonchev–Trinajstić information content (AvgIpc) is 2.53. The summed E-state index contributed by atoms with van der Waals surface area (Å²) in [5, 5.41) is 17.9. The summed E-state index contributed by atoms with van der Waals surface area (Å²) in [4.78, 5) is 0. The lowest BCUT2D eigenvalue weighted by Gasteiger charge is -2.03. The molecule has 2 rings (SSSR count). The van der Waals surface area contributed by atoms with Crippen LogP contribution in [-0.2, 0) is 6.54 Å². The topological polar surface area (TPSA) is 71.0 Å². The second-order valence-electron chi connectivity index (χ2n) is 2.68. The van der Waals surface area contributed by atoms with E-state index in [1.807, 2.05) is 5.48 Å². The van der Waals surface area contributed by atoms with Crippen molar-refractivity contribution < 1.29 is 19.8 Å². The number of benzene rings is 1. The summed E-state index contributed by atoms with van der Waals surface area (Å²) in [6, 6.07) is 3.21. The first kappa shape index (κ1) is 8.15. The standard InChI is InChI=1S/C8H9NO4/c10-6-1-5(3-9-11)2-7-8(6)13-4-12-7/h1-2,9-11H,3-4H2. The van der Waals surface area contributed by atoms with E-state index in [1.54, 1.807) is 6.07 Å². The normalized spacial score (nSPS) is 13.3. The van der Waals surface area contributed by atoms with E-state index in [0.29, 0.717) is 11.5 Å². The Bertz CT molecular complexity index is 326. The Balaban J connectivity index is 2.37. The predicted molar refractivity (Wildman–Crippen MR) is 42.9 cm³/mol. The Morgan fingerprint density at radius 2 is 2.23 bits per heavy atom. The molecule has 0 spiro atoms. The van der Waals surface area contributed by atoms with Gasteiger partial charge in [-0.25, -0.2) is 5.48 Å². The summed E-state index contributed by atoms with van der Waals surface area (Å²) in [5.41, 5.74) is 2.72. The van der Waals surface area contributed by atoms with Crippen molar-refractivity contribution in [1.82, 2.24) is 5.48 Å². The van der Waals surface area contributed by atoms with E-state index in [4.69, 9.17) is 14.7 Å². The zero-order valence-electron chi connectivity index (χ0n) is 6.78. The van der Waals surface area contributed by atoms with Crippen LogP contribution in [0.2, 0.25) is 0 Å². The monoisotopic (exact) mass is 183 g/mol. The number of phenolic OH excluding ortho intramolecular Hbond substituents is 1. The molecule has 5 heteroatoms. The average molecular weight is 183 g/mol. The molecule has 1 heterocycles. The number of nitrogens with one attached hydrogen (secondary N) is 1. The van der Waals surface area contributed by atoms with E-state index in [9.17, 15) is 5.11 Å². The second kappa shape index (κ2) is 3.12. The zero-order valence-corrected chi connectivity index (χ0v) is 6.78. The second-order valence-corrected chi connectivity index (χ2v) is 2.68. The smallest absolute Gasteiger partial charge is 0.231 e. The summed E-state index contributed by atoms with van der Waals surface area (Å²) in [6.45, 7) is 0.378. The molecule has 0 amide bonds. The largest absolute Gasteiger partial charge is 0.504 e.